The minimum atomic E-state index is 0.0126. The topological polar surface area (TPSA) is 77.8 Å². The first-order valence-electron chi connectivity index (χ1n) is 5.98. The van der Waals surface area contributed by atoms with Gasteiger partial charge >= 0.3 is 0 Å². The maximum Gasteiger partial charge on any atom is 0.221 e. The lowest BCUT2D eigenvalue weighted by atomic mass is 10.2. The lowest BCUT2D eigenvalue weighted by Gasteiger charge is -2.09. The van der Waals surface area contributed by atoms with Crippen molar-refractivity contribution >= 4 is 11.6 Å². The Morgan fingerprint density at radius 3 is 3.00 bits per heavy atom. The summed E-state index contributed by atoms with van der Waals surface area (Å²) in [4.78, 5) is 15.4. The molecule has 0 aliphatic heterocycles. The van der Waals surface area contributed by atoms with Gasteiger partial charge in [-0.2, -0.15) is 5.26 Å². The Labute approximate surface area is 107 Å². The predicted molar refractivity (Wildman–Crippen MR) is 69.9 cm³/mol. The standard InChI is InChI=1S/C13H18N4O/c1-10(2)8-17-13(18)4-6-16-12-9-15-5-3-11(12)7-14/h3,5,9-10,16H,4,6,8H2,1-2H3,(H,17,18). The minimum Gasteiger partial charge on any atom is -0.382 e. The first kappa shape index (κ1) is 14.0. The maximum atomic E-state index is 11.5. The molecule has 0 aliphatic rings. The van der Waals surface area contributed by atoms with Gasteiger partial charge in [0.15, 0.2) is 0 Å². The summed E-state index contributed by atoms with van der Waals surface area (Å²) in [5.74, 6) is 0.462. The molecule has 18 heavy (non-hydrogen) atoms. The fraction of sp³-hybridized carbons (Fsp3) is 0.462. The monoisotopic (exact) mass is 246 g/mol. The molecule has 0 unspecified atom stereocenters. The normalized spacial score (nSPS) is 9.89. The lowest BCUT2D eigenvalue weighted by molar-refractivity contribution is -0.120. The molecular weight excluding hydrogens is 228 g/mol. The van der Waals surface area contributed by atoms with Gasteiger partial charge in [-0.05, 0) is 12.0 Å². The molecule has 1 heterocycles. The van der Waals surface area contributed by atoms with E-state index in [0.29, 0.717) is 36.7 Å². The second-order valence-electron chi connectivity index (χ2n) is 4.41. The number of anilines is 1. The number of carbonyl (C=O) groups is 1. The zero-order valence-electron chi connectivity index (χ0n) is 10.7. The first-order valence-corrected chi connectivity index (χ1v) is 5.98. The van der Waals surface area contributed by atoms with Crippen LogP contribution in [0.25, 0.3) is 0 Å². The number of pyridine rings is 1. The summed E-state index contributed by atoms with van der Waals surface area (Å²) in [5.41, 5.74) is 1.20. The van der Waals surface area contributed by atoms with Gasteiger partial charge in [0.05, 0.1) is 17.4 Å². The number of nitrogens with one attached hydrogen (secondary N) is 2. The summed E-state index contributed by atoms with van der Waals surface area (Å²) in [5, 5.41) is 14.7. The van der Waals surface area contributed by atoms with E-state index in [0.717, 1.165) is 0 Å². The molecule has 96 valence electrons. The Bertz CT molecular complexity index is 437. The minimum absolute atomic E-state index is 0.0126. The van der Waals surface area contributed by atoms with Crippen molar-refractivity contribution in [3.63, 3.8) is 0 Å². The number of rotatable bonds is 6. The van der Waals surface area contributed by atoms with Crippen LogP contribution in [0.15, 0.2) is 18.5 Å². The van der Waals surface area contributed by atoms with Crippen LogP contribution < -0.4 is 10.6 Å². The summed E-state index contributed by atoms with van der Waals surface area (Å²) in [6.45, 7) is 5.28. The Hall–Kier alpha value is -2.09. The number of hydrogen-bond donors (Lipinski definition) is 2. The molecule has 1 amide bonds. The quantitative estimate of drug-likeness (QED) is 0.798. The third-order valence-corrected chi connectivity index (χ3v) is 2.32. The molecule has 0 spiro atoms. The van der Waals surface area contributed by atoms with Gasteiger partial charge in [0.1, 0.15) is 6.07 Å². The van der Waals surface area contributed by atoms with Crippen LogP contribution in [0, 0.1) is 17.2 Å². The molecule has 0 saturated carbocycles. The van der Waals surface area contributed by atoms with E-state index in [1.165, 1.54) is 0 Å². The number of nitrogens with zero attached hydrogens (tertiary/aromatic N) is 2. The number of carbonyl (C=O) groups excluding carboxylic acids is 1. The van der Waals surface area contributed by atoms with Crippen LogP contribution in [0.5, 0.6) is 0 Å². The van der Waals surface area contributed by atoms with E-state index in [4.69, 9.17) is 5.26 Å². The molecule has 2 N–H and O–H groups in total. The van der Waals surface area contributed by atoms with Gasteiger partial charge in [0.2, 0.25) is 5.91 Å². The van der Waals surface area contributed by atoms with Crippen LogP contribution >= 0.6 is 0 Å². The smallest absolute Gasteiger partial charge is 0.221 e. The summed E-state index contributed by atoms with van der Waals surface area (Å²) in [7, 11) is 0. The number of aromatic nitrogens is 1. The molecule has 1 aromatic heterocycles. The van der Waals surface area contributed by atoms with Crippen LogP contribution in [0.3, 0.4) is 0 Å². The van der Waals surface area contributed by atoms with Gasteiger partial charge < -0.3 is 10.6 Å². The molecule has 1 rings (SSSR count). The maximum absolute atomic E-state index is 11.5. The average molecular weight is 246 g/mol. The Morgan fingerprint density at radius 1 is 1.56 bits per heavy atom. The molecule has 5 nitrogen and oxygen atoms in total. The van der Waals surface area contributed by atoms with E-state index < -0.39 is 0 Å². The van der Waals surface area contributed by atoms with Crippen molar-refractivity contribution < 1.29 is 4.79 Å². The SMILES string of the molecule is CC(C)CNC(=O)CCNc1cnccc1C#N. The summed E-state index contributed by atoms with van der Waals surface area (Å²) in [6, 6.07) is 3.71. The van der Waals surface area contributed by atoms with Gasteiger partial charge in [-0.1, -0.05) is 13.8 Å². The molecular formula is C13H18N4O. The van der Waals surface area contributed by atoms with Gasteiger partial charge in [-0.25, -0.2) is 0 Å². The Kier molecular flexibility index (Phi) is 5.65. The van der Waals surface area contributed by atoms with E-state index >= 15 is 0 Å². The van der Waals surface area contributed by atoms with Crippen molar-refractivity contribution in [3.05, 3.63) is 24.0 Å². The number of amides is 1. The molecule has 0 saturated heterocycles. The van der Waals surface area contributed by atoms with E-state index in [1.54, 1.807) is 18.5 Å². The number of hydrogen-bond acceptors (Lipinski definition) is 4. The Balaban J connectivity index is 2.33. The molecule has 0 fully saturated rings. The van der Waals surface area contributed by atoms with Crippen LogP contribution in [0.2, 0.25) is 0 Å². The van der Waals surface area contributed by atoms with Crippen molar-refractivity contribution in [2.75, 3.05) is 18.4 Å². The van der Waals surface area contributed by atoms with E-state index in [-0.39, 0.29) is 5.91 Å². The highest BCUT2D eigenvalue weighted by molar-refractivity contribution is 5.76. The molecule has 0 radical (unpaired) electrons. The highest BCUT2D eigenvalue weighted by Crippen LogP contribution is 2.11. The molecule has 0 bridgehead atoms. The zero-order valence-corrected chi connectivity index (χ0v) is 10.7. The fourth-order valence-electron chi connectivity index (χ4n) is 1.35. The number of nitriles is 1. The van der Waals surface area contributed by atoms with Crippen LogP contribution in [-0.4, -0.2) is 24.0 Å². The van der Waals surface area contributed by atoms with Gasteiger partial charge in [-0.3, -0.25) is 9.78 Å². The van der Waals surface area contributed by atoms with Crippen molar-refractivity contribution in [3.8, 4) is 6.07 Å². The van der Waals surface area contributed by atoms with Crippen molar-refractivity contribution in [1.29, 1.82) is 5.26 Å². The van der Waals surface area contributed by atoms with E-state index in [9.17, 15) is 4.79 Å². The first-order chi connectivity index (χ1) is 8.63. The molecule has 0 aliphatic carbocycles. The van der Waals surface area contributed by atoms with Crippen molar-refractivity contribution in [1.82, 2.24) is 10.3 Å². The molecule has 0 atom stereocenters. The van der Waals surface area contributed by atoms with Crippen LogP contribution in [-0.2, 0) is 4.79 Å². The van der Waals surface area contributed by atoms with E-state index in [1.807, 2.05) is 13.8 Å². The Morgan fingerprint density at radius 2 is 2.33 bits per heavy atom. The van der Waals surface area contributed by atoms with Crippen LogP contribution in [0.1, 0.15) is 25.8 Å². The van der Waals surface area contributed by atoms with Crippen molar-refractivity contribution in [2.45, 2.75) is 20.3 Å². The molecule has 5 heteroatoms. The van der Waals surface area contributed by atoms with Gasteiger partial charge in [0, 0.05) is 25.7 Å². The third kappa shape index (κ3) is 4.83. The van der Waals surface area contributed by atoms with Gasteiger partial charge in [-0.15, -0.1) is 0 Å². The van der Waals surface area contributed by atoms with Crippen LogP contribution in [0.4, 0.5) is 5.69 Å². The highest BCUT2D eigenvalue weighted by Gasteiger charge is 2.04. The predicted octanol–water partition coefficient (Wildman–Crippen LogP) is 1.53. The fourth-order valence-corrected chi connectivity index (χ4v) is 1.35. The third-order valence-electron chi connectivity index (χ3n) is 2.32. The van der Waals surface area contributed by atoms with Gasteiger partial charge in [0.25, 0.3) is 0 Å². The summed E-state index contributed by atoms with van der Waals surface area (Å²) < 4.78 is 0. The highest BCUT2D eigenvalue weighted by atomic mass is 16.1. The molecule has 1 aromatic rings. The van der Waals surface area contributed by atoms with E-state index in [2.05, 4.69) is 21.7 Å². The molecule has 0 aromatic carbocycles. The second kappa shape index (κ2) is 7.28. The largest absolute Gasteiger partial charge is 0.382 e. The average Bonchev–Trinajstić information content (AvgIpc) is 2.37. The van der Waals surface area contributed by atoms with Crippen molar-refractivity contribution in [2.24, 2.45) is 5.92 Å². The zero-order chi connectivity index (χ0) is 13.4. The summed E-state index contributed by atoms with van der Waals surface area (Å²) >= 11 is 0. The lowest BCUT2D eigenvalue weighted by Crippen LogP contribution is -2.28. The summed E-state index contributed by atoms with van der Waals surface area (Å²) in [6.07, 6.45) is 3.54. The second-order valence-corrected chi connectivity index (χ2v) is 4.41.